The molecule has 1 amide bonds. The average Bonchev–Trinajstić information content (AvgIpc) is 2.89. The number of benzene rings is 1. The fourth-order valence-corrected chi connectivity index (χ4v) is 2.03. The highest BCUT2D eigenvalue weighted by Crippen LogP contribution is 2.32. The Kier molecular flexibility index (Phi) is 4.45. The predicted molar refractivity (Wildman–Crippen MR) is 71.0 cm³/mol. The van der Waals surface area contributed by atoms with Gasteiger partial charge >= 0.3 is 5.97 Å². The minimum Gasteiger partial charge on any atom is -0.481 e. The van der Waals surface area contributed by atoms with E-state index in [0.717, 1.165) is 6.42 Å². The summed E-state index contributed by atoms with van der Waals surface area (Å²) in [6.45, 7) is 2.84. The van der Waals surface area contributed by atoms with Crippen LogP contribution < -0.4 is 9.47 Å². The molecule has 1 aromatic carbocycles. The van der Waals surface area contributed by atoms with E-state index in [4.69, 9.17) is 14.6 Å². The molecule has 0 fully saturated rings. The summed E-state index contributed by atoms with van der Waals surface area (Å²) in [5, 5.41) is 8.74. The molecule has 0 aliphatic carbocycles. The van der Waals surface area contributed by atoms with Gasteiger partial charge in [-0.2, -0.15) is 0 Å². The Morgan fingerprint density at radius 2 is 2.00 bits per heavy atom. The number of nitrogens with zero attached hydrogens (tertiary/aromatic N) is 1. The minimum atomic E-state index is -0.912. The molecule has 1 aliphatic rings. The van der Waals surface area contributed by atoms with Gasteiger partial charge in [-0.05, 0) is 24.6 Å². The van der Waals surface area contributed by atoms with E-state index in [1.165, 1.54) is 0 Å². The molecule has 0 aromatic heterocycles. The summed E-state index contributed by atoms with van der Waals surface area (Å²) in [6.07, 6.45) is 0.714. The number of rotatable bonds is 6. The average molecular weight is 279 g/mol. The Labute approximate surface area is 116 Å². The van der Waals surface area contributed by atoms with Gasteiger partial charge in [-0.25, -0.2) is 0 Å². The summed E-state index contributed by atoms with van der Waals surface area (Å²) in [5.74, 6) is 0.0654. The molecule has 0 unspecified atom stereocenters. The first kappa shape index (κ1) is 14.2. The van der Waals surface area contributed by atoms with Crippen LogP contribution in [0.1, 0.15) is 30.1 Å². The van der Waals surface area contributed by atoms with Crippen LogP contribution in [0.4, 0.5) is 0 Å². The van der Waals surface area contributed by atoms with Crippen LogP contribution in [0.2, 0.25) is 0 Å². The van der Waals surface area contributed by atoms with Crippen molar-refractivity contribution < 1.29 is 24.2 Å². The highest BCUT2D eigenvalue weighted by molar-refractivity contribution is 5.95. The van der Waals surface area contributed by atoms with Crippen molar-refractivity contribution >= 4 is 11.9 Å². The predicted octanol–water partition coefficient (Wildman–Crippen LogP) is 1.74. The number of carboxylic acid groups (broad SMARTS) is 1. The van der Waals surface area contributed by atoms with Gasteiger partial charge in [-0.15, -0.1) is 0 Å². The number of hydrogen-bond acceptors (Lipinski definition) is 4. The third kappa shape index (κ3) is 3.20. The van der Waals surface area contributed by atoms with Crippen molar-refractivity contribution in [1.82, 2.24) is 4.90 Å². The standard InChI is InChI=1S/C14H17NO5/c1-2-6-15(7-5-13(16)17)14(18)10-3-4-11-12(8-10)20-9-19-11/h3-4,8H,2,5-7,9H2,1H3,(H,16,17). The summed E-state index contributed by atoms with van der Waals surface area (Å²) >= 11 is 0. The van der Waals surface area contributed by atoms with Crippen molar-refractivity contribution in [3.8, 4) is 11.5 Å². The Bertz CT molecular complexity index is 514. The van der Waals surface area contributed by atoms with Gasteiger partial charge in [0.15, 0.2) is 11.5 Å². The lowest BCUT2D eigenvalue weighted by Gasteiger charge is -2.21. The lowest BCUT2D eigenvalue weighted by Crippen LogP contribution is -2.33. The van der Waals surface area contributed by atoms with Gasteiger partial charge in [0.1, 0.15) is 0 Å². The molecular weight excluding hydrogens is 262 g/mol. The minimum absolute atomic E-state index is 0.0592. The van der Waals surface area contributed by atoms with Crippen LogP contribution in [-0.2, 0) is 4.79 Å². The molecule has 6 nitrogen and oxygen atoms in total. The third-order valence-corrected chi connectivity index (χ3v) is 3.00. The third-order valence-electron chi connectivity index (χ3n) is 3.00. The van der Waals surface area contributed by atoms with Gasteiger partial charge in [0.05, 0.1) is 6.42 Å². The van der Waals surface area contributed by atoms with Crippen LogP contribution in [0.15, 0.2) is 18.2 Å². The molecular formula is C14H17NO5. The quantitative estimate of drug-likeness (QED) is 0.858. The smallest absolute Gasteiger partial charge is 0.305 e. The molecule has 0 saturated heterocycles. The maximum absolute atomic E-state index is 12.4. The molecule has 1 heterocycles. The number of fused-ring (bicyclic) bond motifs is 1. The first-order valence-electron chi connectivity index (χ1n) is 6.52. The van der Waals surface area contributed by atoms with Crippen LogP contribution >= 0.6 is 0 Å². The molecule has 6 heteroatoms. The highest BCUT2D eigenvalue weighted by Gasteiger charge is 2.20. The van der Waals surface area contributed by atoms with Crippen molar-refractivity contribution in [2.75, 3.05) is 19.9 Å². The van der Waals surface area contributed by atoms with Crippen LogP contribution in [0.3, 0.4) is 0 Å². The molecule has 1 aromatic rings. The molecule has 2 rings (SSSR count). The Morgan fingerprint density at radius 3 is 2.70 bits per heavy atom. The molecule has 0 atom stereocenters. The molecule has 0 saturated carbocycles. The van der Waals surface area contributed by atoms with Crippen LogP contribution in [0, 0.1) is 0 Å². The lowest BCUT2D eigenvalue weighted by atomic mass is 10.1. The molecule has 1 aliphatic heterocycles. The van der Waals surface area contributed by atoms with Crippen molar-refractivity contribution in [2.24, 2.45) is 0 Å². The Balaban J connectivity index is 2.12. The van der Waals surface area contributed by atoms with E-state index in [0.29, 0.717) is 23.6 Å². The van der Waals surface area contributed by atoms with Gasteiger partial charge in [0.2, 0.25) is 6.79 Å². The zero-order valence-electron chi connectivity index (χ0n) is 11.3. The lowest BCUT2D eigenvalue weighted by molar-refractivity contribution is -0.137. The second-order valence-electron chi connectivity index (χ2n) is 4.50. The number of carbonyl (C=O) groups excluding carboxylic acids is 1. The number of hydrogen-bond donors (Lipinski definition) is 1. The van der Waals surface area contributed by atoms with E-state index in [1.54, 1.807) is 23.1 Å². The van der Waals surface area contributed by atoms with Gasteiger partial charge in [-0.1, -0.05) is 6.92 Å². The van der Waals surface area contributed by atoms with Crippen molar-refractivity contribution in [2.45, 2.75) is 19.8 Å². The second kappa shape index (κ2) is 6.27. The van der Waals surface area contributed by atoms with E-state index < -0.39 is 5.97 Å². The molecule has 1 N–H and O–H groups in total. The van der Waals surface area contributed by atoms with E-state index in [-0.39, 0.29) is 25.7 Å². The van der Waals surface area contributed by atoms with Gasteiger partial charge in [-0.3, -0.25) is 9.59 Å². The van der Waals surface area contributed by atoms with Crippen molar-refractivity contribution in [1.29, 1.82) is 0 Å². The van der Waals surface area contributed by atoms with Gasteiger partial charge < -0.3 is 19.5 Å². The van der Waals surface area contributed by atoms with Crippen molar-refractivity contribution in [3.05, 3.63) is 23.8 Å². The maximum atomic E-state index is 12.4. The van der Waals surface area contributed by atoms with E-state index >= 15 is 0 Å². The zero-order valence-corrected chi connectivity index (χ0v) is 11.3. The highest BCUT2D eigenvalue weighted by atomic mass is 16.7. The normalized spacial score (nSPS) is 12.2. The zero-order chi connectivity index (χ0) is 14.5. The number of amides is 1. The Hall–Kier alpha value is -2.24. The maximum Gasteiger partial charge on any atom is 0.305 e. The van der Waals surface area contributed by atoms with Crippen LogP contribution in [0.5, 0.6) is 11.5 Å². The molecule has 0 bridgehead atoms. The molecule has 108 valence electrons. The fraction of sp³-hybridized carbons (Fsp3) is 0.429. The van der Waals surface area contributed by atoms with E-state index in [1.807, 2.05) is 6.92 Å². The van der Waals surface area contributed by atoms with Gasteiger partial charge in [0.25, 0.3) is 5.91 Å². The fourth-order valence-electron chi connectivity index (χ4n) is 2.03. The van der Waals surface area contributed by atoms with E-state index in [2.05, 4.69) is 0 Å². The molecule has 0 radical (unpaired) electrons. The summed E-state index contributed by atoms with van der Waals surface area (Å²) < 4.78 is 10.4. The number of carboxylic acids is 1. The topological polar surface area (TPSA) is 76.1 Å². The number of ether oxygens (including phenoxy) is 2. The largest absolute Gasteiger partial charge is 0.481 e. The monoisotopic (exact) mass is 279 g/mol. The number of aliphatic carboxylic acids is 1. The van der Waals surface area contributed by atoms with Crippen molar-refractivity contribution in [3.63, 3.8) is 0 Å². The summed E-state index contributed by atoms with van der Waals surface area (Å²) in [4.78, 5) is 24.6. The molecule has 0 spiro atoms. The molecule has 20 heavy (non-hydrogen) atoms. The van der Waals surface area contributed by atoms with Gasteiger partial charge in [0, 0.05) is 18.7 Å². The first-order valence-corrected chi connectivity index (χ1v) is 6.52. The van der Waals surface area contributed by atoms with Crippen LogP contribution in [-0.4, -0.2) is 41.8 Å². The SMILES string of the molecule is CCCN(CCC(=O)O)C(=O)c1ccc2c(c1)OCO2. The summed E-state index contributed by atoms with van der Waals surface area (Å²) in [5.41, 5.74) is 0.480. The number of carbonyl (C=O) groups is 2. The van der Waals surface area contributed by atoms with E-state index in [9.17, 15) is 9.59 Å². The summed E-state index contributed by atoms with van der Waals surface area (Å²) in [6, 6.07) is 4.99. The Morgan fingerprint density at radius 1 is 1.25 bits per heavy atom. The summed E-state index contributed by atoms with van der Waals surface area (Å²) in [7, 11) is 0. The first-order chi connectivity index (χ1) is 9.61. The van der Waals surface area contributed by atoms with Crippen LogP contribution in [0.25, 0.3) is 0 Å². The second-order valence-corrected chi connectivity index (χ2v) is 4.50.